The number of fused-ring (bicyclic) bond motifs is 2. The smallest absolute Gasteiger partial charge is 0.136 e. The summed E-state index contributed by atoms with van der Waals surface area (Å²) < 4.78 is 0. The van der Waals surface area contributed by atoms with Gasteiger partial charge in [-0.1, -0.05) is 19.8 Å². The third-order valence-electron chi connectivity index (χ3n) is 5.92. The average Bonchev–Trinajstić information content (AvgIpc) is 3.04. The van der Waals surface area contributed by atoms with Crippen LogP contribution in [0.15, 0.2) is 0 Å². The molecule has 0 aliphatic heterocycles. The molecule has 2 bridgehead atoms. The first-order valence-corrected chi connectivity index (χ1v) is 7.79. The van der Waals surface area contributed by atoms with Gasteiger partial charge in [-0.3, -0.25) is 4.79 Å². The van der Waals surface area contributed by atoms with Gasteiger partial charge in [0.15, 0.2) is 0 Å². The van der Waals surface area contributed by atoms with Crippen LogP contribution in [0.3, 0.4) is 0 Å². The minimum atomic E-state index is 0.444. The van der Waals surface area contributed by atoms with Crippen LogP contribution in [-0.4, -0.2) is 5.78 Å². The molecule has 0 aromatic rings. The lowest BCUT2D eigenvalue weighted by Gasteiger charge is -2.22. The SMILES string of the molecule is CCC1CCC(C(=O)CC2CC3CCC2C3)C1. The number of Topliss-reactive ketones (excluding diaryl/α,β-unsaturated/α-hetero) is 1. The molecule has 0 heterocycles. The van der Waals surface area contributed by atoms with Gasteiger partial charge in [-0.25, -0.2) is 0 Å². The summed E-state index contributed by atoms with van der Waals surface area (Å²) in [7, 11) is 0. The highest BCUT2D eigenvalue weighted by molar-refractivity contribution is 5.81. The van der Waals surface area contributed by atoms with Gasteiger partial charge in [-0.15, -0.1) is 0 Å². The molecule has 0 aromatic carbocycles. The molecule has 3 aliphatic rings. The minimum absolute atomic E-state index is 0.444. The largest absolute Gasteiger partial charge is 0.299 e. The molecule has 5 atom stereocenters. The molecular formula is C16H26O. The second-order valence-corrected chi connectivity index (χ2v) is 6.89. The first-order chi connectivity index (χ1) is 8.26. The number of hydrogen-bond acceptors (Lipinski definition) is 1. The van der Waals surface area contributed by atoms with Crippen LogP contribution in [0.1, 0.15) is 64.7 Å². The van der Waals surface area contributed by atoms with Crippen LogP contribution in [0.25, 0.3) is 0 Å². The van der Waals surface area contributed by atoms with E-state index in [1.807, 2.05) is 0 Å². The Bertz CT molecular complexity index is 296. The van der Waals surface area contributed by atoms with Crippen molar-refractivity contribution in [2.45, 2.75) is 64.7 Å². The summed E-state index contributed by atoms with van der Waals surface area (Å²) in [6.45, 7) is 2.27. The number of hydrogen-bond donors (Lipinski definition) is 0. The van der Waals surface area contributed by atoms with Crippen LogP contribution < -0.4 is 0 Å². The van der Waals surface area contributed by atoms with Crippen molar-refractivity contribution in [1.82, 2.24) is 0 Å². The van der Waals surface area contributed by atoms with Gasteiger partial charge in [0.2, 0.25) is 0 Å². The van der Waals surface area contributed by atoms with Crippen LogP contribution in [0.2, 0.25) is 0 Å². The third-order valence-corrected chi connectivity index (χ3v) is 5.92. The molecule has 5 unspecified atom stereocenters. The highest BCUT2D eigenvalue weighted by Gasteiger charge is 2.41. The Kier molecular flexibility index (Phi) is 3.28. The Morgan fingerprint density at radius 1 is 1.06 bits per heavy atom. The molecule has 3 saturated carbocycles. The second-order valence-electron chi connectivity index (χ2n) is 6.89. The Morgan fingerprint density at radius 2 is 1.94 bits per heavy atom. The molecule has 0 amide bonds. The van der Waals surface area contributed by atoms with Gasteiger partial charge in [-0.2, -0.15) is 0 Å². The fraction of sp³-hybridized carbons (Fsp3) is 0.938. The van der Waals surface area contributed by atoms with Crippen molar-refractivity contribution >= 4 is 5.78 Å². The van der Waals surface area contributed by atoms with Gasteiger partial charge in [0.1, 0.15) is 5.78 Å². The maximum absolute atomic E-state index is 12.3. The predicted octanol–water partition coefficient (Wildman–Crippen LogP) is 4.21. The number of ketones is 1. The predicted molar refractivity (Wildman–Crippen MR) is 69.7 cm³/mol. The zero-order valence-corrected chi connectivity index (χ0v) is 11.2. The van der Waals surface area contributed by atoms with E-state index in [4.69, 9.17) is 0 Å². The lowest BCUT2D eigenvalue weighted by molar-refractivity contribution is -0.124. The zero-order chi connectivity index (χ0) is 11.8. The molecule has 0 radical (unpaired) electrons. The highest BCUT2D eigenvalue weighted by Crippen LogP contribution is 2.50. The summed E-state index contributed by atoms with van der Waals surface area (Å²) >= 11 is 0. The van der Waals surface area contributed by atoms with Crippen molar-refractivity contribution in [2.24, 2.45) is 29.6 Å². The van der Waals surface area contributed by atoms with E-state index in [0.29, 0.717) is 11.7 Å². The van der Waals surface area contributed by atoms with Gasteiger partial charge in [0.25, 0.3) is 0 Å². The van der Waals surface area contributed by atoms with Crippen molar-refractivity contribution in [3.63, 3.8) is 0 Å². The molecular weight excluding hydrogens is 208 g/mol. The van der Waals surface area contributed by atoms with Crippen LogP contribution in [-0.2, 0) is 4.79 Å². The van der Waals surface area contributed by atoms with Crippen molar-refractivity contribution in [1.29, 1.82) is 0 Å². The maximum Gasteiger partial charge on any atom is 0.136 e. The molecule has 3 rings (SSSR count). The first kappa shape index (κ1) is 11.7. The zero-order valence-electron chi connectivity index (χ0n) is 11.2. The van der Waals surface area contributed by atoms with Gasteiger partial charge < -0.3 is 0 Å². The first-order valence-electron chi connectivity index (χ1n) is 7.79. The molecule has 0 N–H and O–H groups in total. The molecule has 3 fully saturated rings. The summed E-state index contributed by atoms with van der Waals surface area (Å²) in [6.07, 6.45) is 11.6. The van der Waals surface area contributed by atoms with Crippen LogP contribution in [0.4, 0.5) is 0 Å². The molecule has 3 aliphatic carbocycles. The van der Waals surface area contributed by atoms with Gasteiger partial charge in [0.05, 0.1) is 0 Å². The van der Waals surface area contributed by atoms with E-state index in [0.717, 1.165) is 30.1 Å². The topological polar surface area (TPSA) is 17.1 Å². The minimum Gasteiger partial charge on any atom is -0.299 e. The van der Waals surface area contributed by atoms with Gasteiger partial charge in [0, 0.05) is 12.3 Å². The number of rotatable bonds is 4. The summed E-state index contributed by atoms with van der Waals surface area (Å²) in [5.74, 6) is 4.61. The lowest BCUT2D eigenvalue weighted by Crippen LogP contribution is -2.20. The molecule has 1 heteroatoms. The van der Waals surface area contributed by atoms with Crippen molar-refractivity contribution < 1.29 is 4.79 Å². The molecule has 0 aromatic heterocycles. The summed E-state index contributed by atoms with van der Waals surface area (Å²) in [5.41, 5.74) is 0. The van der Waals surface area contributed by atoms with Crippen LogP contribution in [0.5, 0.6) is 0 Å². The number of carbonyl (C=O) groups excluding carboxylic acids is 1. The lowest BCUT2D eigenvalue weighted by atomic mass is 9.82. The van der Waals surface area contributed by atoms with E-state index in [1.54, 1.807) is 0 Å². The summed E-state index contributed by atoms with van der Waals surface area (Å²) in [6, 6.07) is 0. The van der Waals surface area contributed by atoms with E-state index in [2.05, 4.69) is 6.92 Å². The quantitative estimate of drug-likeness (QED) is 0.712. The van der Waals surface area contributed by atoms with Crippen molar-refractivity contribution in [2.75, 3.05) is 0 Å². The van der Waals surface area contributed by atoms with E-state index in [1.165, 1.54) is 51.4 Å². The normalized spacial score (nSPS) is 44.4. The van der Waals surface area contributed by atoms with E-state index in [9.17, 15) is 4.79 Å². The molecule has 0 saturated heterocycles. The van der Waals surface area contributed by atoms with Gasteiger partial charge >= 0.3 is 0 Å². The maximum atomic E-state index is 12.3. The Hall–Kier alpha value is -0.330. The summed E-state index contributed by atoms with van der Waals surface area (Å²) in [4.78, 5) is 12.3. The van der Waals surface area contributed by atoms with Gasteiger partial charge in [-0.05, 0) is 62.2 Å². The molecule has 1 nitrogen and oxygen atoms in total. The fourth-order valence-corrected chi connectivity index (χ4v) is 4.79. The van der Waals surface area contributed by atoms with E-state index < -0.39 is 0 Å². The number of carbonyl (C=O) groups is 1. The highest BCUT2D eigenvalue weighted by atomic mass is 16.1. The van der Waals surface area contributed by atoms with Crippen LogP contribution in [0, 0.1) is 29.6 Å². The van der Waals surface area contributed by atoms with E-state index >= 15 is 0 Å². The van der Waals surface area contributed by atoms with Crippen molar-refractivity contribution in [3.8, 4) is 0 Å². The standard InChI is InChI=1S/C16H26O/c1-2-11-3-6-14(7-11)16(17)10-15-9-12-4-5-13(15)8-12/h11-15H,2-10H2,1H3. The van der Waals surface area contributed by atoms with Crippen LogP contribution >= 0.6 is 0 Å². The second kappa shape index (κ2) is 4.74. The summed E-state index contributed by atoms with van der Waals surface area (Å²) in [5, 5.41) is 0. The third kappa shape index (κ3) is 2.30. The Morgan fingerprint density at radius 3 is 2.53 bits per heavy atom. The average molecular weight is 234 g/mol. The monoisotopic (exact) mass is 234 g/mol. The molecule has 96 valence electrons. The van der Waals surface area contributed by atoms with E-state index in [-0.39, 0.29) is 0 Å². The molecule has 0 spiro atoms. The Balaban J connectivity index is 1.51. The molecule has 17 heavy (non-hydrogen) atoms. The Labute approximate surface area is 105 Å². The van der Waals surface area contributed by atoms with Crippen molar-refractivity contribution in [3.05, 3.63) is 0 Å². The fourth-order valence-electron chi connectivity index (χ4n) is 4.79.